The van der Waals surface area contributed by atoms with Crippen molar-refractivity contribution in [2.75, 3.05) is 5.32 Å². The summed E-state index contributed by atoms with van der Waals surface area (Å²) in [5.41, 5.74) is -2.13. The van der Waals surface area contributed by atoms with Gasteiger partial charge in [-0.2, -0.15) is 18.4 Å². The third-order valence-electron chi connectivity index (χ3n) is 2.01. The maximum Gasteiger partial charge on any atom is 0.418 e. The van der Waals surface area contributed by atoms with Gasteiger partial charge in [-0.3, -0.25) is 0 Å². The Hall–Kier alpha value is -1.41. The van der Waals surface area contributed by atoms with Crippen molar-refractivity contribution in [1.82, 2.24) is 0 Å². The van der Waals surface area contributed by atoms with Crippen LogP contribution in [0.3, 0.4) is 0 Å². The first-order chi connectivity index (χ1) is 7.65. The van der Waals surface area contributed by atoms with E-state index in [-0.39, 0.29) is 10.7 Å². The Morgan fingerprint density at radius 1 is 1.29 bits per heavy atom. The van der Waals surface area contributed by atoms with E-state index in [2.05, 4.69) is 5.32 Å². The summed E-state index contributed by atoms with van der Waals surface area (Å²) >= 11 is 5.54. The molecule has 1 aromatic carbocycles. The maximum atomic E-state index is 12.7. The monoisotopic (exact) mass is 262 g/mol. The molecule has 0 heterocycles. The average Bonchev–Trinajstić information content (AvgIpc) is 2.19. The van der Waals surface area contributed by atoms with Crippen LogP contribution in [0.2, 0.25) is 5.02 Å². The van der Waals surface area contributed by atoms with Crippen LogP contribution in [-0.4, -0.2) is 5.54 Å². The molecule has 0 spiro atoms. The first-order valence-electron chi connectivity index (χ1n) is 4.72. The van der Waals surface area contributed by atoms with Crippen molar-refractivity contribution < 1.29 is 13.2 Å². The van der Waals surface area contributed by atoms with Crippen molar-refractivity contribution in [3.63, 3.8) is 0 Å². The zero-order valence-electron chi connectivity index (χ0n) is 9.19. The molecule has 0 saturated heterocycles. The number of benzene rings is 1. The Kier molecular flexibility index (Phi) is 3.58. The lowest BCUT2D eigenvalue weighted by atomic mass is 10.1. The fourth-order valence-electron chi connectivity index (χ4n) is 1.22. The minimum Gasteiger partial charge on any atom is -0.367 e. The van der Waals surface area contributed by atoms with E-state index in [4.69, 9.17) is 16.9 Å². The van der Waals surface area contributed by atoms with Gasteiger partial charge in [0.05, 0.1) is 11.6 Å². The number of rotatable bonds is 2. The second-order valence-corrected chi connectivity index (χ2v) is 4.49. The molecule has 0 saturated carbocycles. The number of nitrogens with one attached hydrogen (secondary N) is 1. The molecule has 1 aromatic rings. The predicted octanol–water partition coefficient (Wildman–Crippen LogP) is 4.07. The normalized spacial score (nSPS) is 12.1. The minimum absolute atomic E-state index is 0.00219. The lowest BCUT2D eigenvalue weighted by Gasteiger charge is -2.22. The first-order valence-corrected chi connectivity index (χ1v) is 5.10. The van der Waals surface area contributed by atoms with Gasteiger partial charge in [-0.25, -0.2) is 0 Å². The Labute approximate surface area is 102 Å². The van der Waals surface area contributed by atoms with E-state index in [0.29, 0.717) is 0 Å². The summed E-state index contributed by atoms with van der Waals surface area (Å²) in [6.45, 7) is 2.98. The molecule has 0 aromatic heterocycles. The van der Waals surface area contributed by atoms with Crippen LogP contribution < -0.4 is 5.32 Å². The number of nitrogens with zero attached hydrogens (tertiary/aromatic N) is 1. The lowest BCUT2D eigenvalue weighted by Crippen LogP contribution is -2.29. The van der Waals surface area contributed by atoms with E-state index < -0.39 is 17.3 Å². The van der Waals surface area contributed by atoms with E-state index in [1.807, 2.05) is 6.07 Å². The molecule has 2 nitrogen and oxygen atoms in total. The van der Waals surface area contributed by atoms with Gasteiger partial charge in [0.25, 0.3) is 0 Å². The number of anilines is 1. The fourth-order valence-corrected chi connectivity index (χ4v) is 1.40. The molecule has 0 amide bonds. The highest BCUT2D eigenvalue weighted by Crippen LogP contribution is 2.37. The molecule has 6 heteroatoms. The fraction of sp³-hybridized carbons (Fsp3) is 0.364. The highest BCUT2D eigenvalue weighted by atomic mass is 35.5. The summed E-state index contributed by atoms with van der Waals surface area (Å²) in [6, 6.07) is 5.25. The summed E-state index contributed by atoms with van der Waals surface area (Å²) in [5, 5.41) is 11.3. The molecule has 0 aliphatic carbocycles. The summed E-state index contributed by atoms with van der Waals surface area (Å²) < 4.78 is 38.2. The largest absolute Gasteiger partial charge is 0.418 e. The average molecular weight is 263 g/mol. The van der Waals surface area contributed by atoms with Crippen molar-refractivity contribution in [3.8, 4) is 6.07 Å². The predicted molar refractivity (Wildman–Crippen MR) is 59.8 cm³/mol. The molecular formula is C11H10ClF3N2. The molecule has 17 heavy (non-hydrogen) atoms. The van der Waals surface area contributed by atoms with Crippen molar-refractivity contribution in [3.05, 3.63) is 28.8 Å². The molecule has 1 N–H and O–H groups in total. The van der Waals surface area contributed by atoms with Crippen molar-refractivity contribution in [2.24, 2.45) is 0 Å². The maximum absolute atomic E-state index is 12.7. The standard InChI is InChI=1S/C11H10ClF3N2/c1-10(2,6-16)17-9-4-3-7(12)5-8(9)11(13,14)15/h3-5,17H,1-2H3. The SMILES string of the molecule is CC(C)(C#N)Nc1ccc(Cl)cc1C(F)(F)F. The number of hydrogen-bond donors (Lipinski definition) is 1. The van der Waals surface area contributed by atoms with E-state index >= 15 is 0 Å². The smallest absolute Gasteiger partial charge is 0.367 e. The van der Waals surface area contributed by atoms with Gasteiger partial charge in [0.2, 0.25) is 0 Å². The number of hydrogen-bond acceptors (Lipinski definition) is 2. The second-order valence-electron chi connectivity index (χ2n) is 4.05. The number of halogens is 4. The zero-order chi connectivity index (χ0) is 13.3. The van der Waals surface area contributed by atoms with Crippen molar-refractivity contribution >= 4 is 17.3 Å². The molecule has 0 aliphatic heterocycles. The van der Waals surface area contributed by atoms with E-state index in [1.54, 1.807) is 0 Å². The van der Waals surface area contributed by atoms with Gasteiger partial charge in [0, 0.05) is 10.7 Å². The van der Waals surface area contributed by atoms with Crippen LogP contribution >= 0.6 is 11.6 Å². The Bertz CT molecular complexity index is 461. The molecule has 92 valence electrons. The Balaban J connectivity index is 3.22. The number of nitriles is 1. The third-order valence-corrected chi connectivity index (χ3v) is 2.25. The Morgan fingerprint density at radius 2 is 1.88 bits per heavy atom. The summed E-state index contributed by atoms with van der Waals surface area (Å²) in [7, 11) is 0. The topological polar surface area (TPSA) is 35.8 Å². The zero-order valence-corrected chi connectivity index (χ0v) is 9.95. The van der Waals surface area contributed by atoms with Crippen LogP contribution in [-0.2, 0) is 6.18 Å². The van der Waals surface area contributed by atoms with Crippen molar-refractivity contribution in [1.29, 1.82) is 5.26 Å². The number of alkyl halides is 3. The molecule has 1 rings (SSSR count). The first kappa shape index (κ1) is 13.7. The van der Waals surface area contributed by atoms with Gasteiger partial charge >= 0.3 is 6.18 Å². The summed E-state index contributed by atoms with van der Waals surface area (Å²) in [4.78, 5) is 0. The van der Waals surface area contributed by atoms with Crippen LogP contribution in [0.15, 0.2) is 18.2 Å². The highest BCUT2D eigenvalue weighted by Gasteiger charge is 2.35. The molecule has 0 fully saturated rings. The summed E-state index contributed by atoms with van der Waals surface area (Å²) in [6.07, 6.45) is -4.52. The Morgan fingerprint density at radius 3 is 2.35 bits per heavy atom. The van der Waals surface area contributed by atoms with Crippen LogP contribution in [0.5, 0.6) is 0 Å². The van der Waals surface area contributed by atoms with Gasteiger partial charge in [-0.15, -0.1) is 0 Å². The molecule has 0 radical (unpaired) electrons. The molecule has 0 bridgehead atoms. The summed E-state index contributed by atoms with van der Waals surface area (Å²) in [5.74, 6) is 0. The van der Waals surface area contributed by atoms with E-state index in [0.717, 1.165) is 6.07 Å². The molecule has 0 aliphatic rings. The van der Waals surface area contributed by atoms with Crippen LogP contribution in [0, 0.1) is 11.3 Å². The molecule has 0 atom stereocenters. The third kappa shape index (κ3) is 3.53. The van der Waals surface area contributed by atoms with Crippen LogP contribution in [0.25, 0.3) is 0 Å². The van der Waals surface area contributed by atoms with Gasteiger partial charge in [-0.05, 0) is 32.0 Å². The van der Waals surface area contributed by atoms with Crippen molar-refractivity contribution in [2.45, 2.75) is 25.6 Å². The minimum atomic E-state index is -4.52. The van der Waals surface area contributed by atoms with E-state index in [1.165, 1.54) is 26.0 Å². The molecular weight excluding hydrogens is 253 g/mol. The quantitative estimate of drug-likeness (QED) is 0.872. The van der Waals surface area contributed by atoms with Gasteiger partial charge < -0.3 is 5.32 Å². The molecule has 0 unspecified atom stereocenters. The van der Waals surface area contributed by atoms with Crippen LogP contribution in [0.1, 0.15) is 19.4 Å². The van der Waals surface area contributed by atoms with Gasteiger partial charge in [-0.1, -0.05) is 11.6 Å². The van der Waals surface area contributed by atoms with Crippen LogP contribution in [0.4, 0.5) is 18.9 Å². The highest BCUT2D eigenvalue weighted by molar-refractivity contribution is 6.30. The van der Waals surface area contributed by atoms with E-state index in [9.17, 15) is 13.2 Å². The van der Waals surface area contributed by atoms with Gasteiger partial charge in [0.15, 0.2) is 0 Å². The van der Waals surface area contributed by atoms with Gasteiger partial charge in [0.1, 0.15) is 5.54 Å². The lowest BCUT2D eigenvalue weighted by molar-refractivity contribution is -0.137. The second kappa shape index (κ2) is 4.46.